The summed E-state index contributed by atoms with van der Waals surface area (Å²) in [6, 6.07) is 22.9. The number of halogens is 3. The molecule has 0 atom stereocenters. The minimum atomic E-state index is -4.45. The number of nitrogens with one attached hydrogen (secondary N) is 2. The van der Waals surface area contributed by atoms with Crippen molar-refractivity contribution in [2.24, 2.45) is 10.2 Å². The molecule has 1 amide bonds. The Morgan fingerprint density at radius 3 is 2.47 bits per heavy atom. The van der Waals surface area contributed by atoms with Crippen LogP contribution in [0, 0.1) is 0 Å². The molecule has 4 aromatic rings. The molecule has 2 N–H and O–H groups in total. The fourth-order valence-electron chi connectivity index (χ4n) is 3.31. The standard InChI is InChI=1S/C27H20F3N5O/c28-27(29,30)20-11-6-12-21(16-20)34-32-18-22-17-24(23-13-4-5-14-25(23)33-22)26(36)35-31-15-7-10-19-8-2-1-3-9-19/h1-18,34H,(H,35,36)/b10-7+,31-15+,32-18+. The number of carbonyl (C=O) groups is 1. The summed E-state index contributed by atoms with van der Waals surface area (Å²) < 4.78 is 38.7. The quantitative estimate of drug-likeness (QED) is 0.243. The molecule has 0 radical (unpaired) electrons. The summed E-state index contributed by atoms with van der Waals surface area (Å²) in [6.07, 6.45) is 1.90. The van der Waals surface area contributed by atoms with Crippen LogP contribution in [-0.2, 0) is 6.18 Å². The number of fused-ring (bicyclic) bond motifs is 1. The minimum Gasteiger partial charge on any atom is -0.278 e. The van der Waals surface area contributed by atoms with E-state index in [1.807, 2.05) is 36.4 Å². The zero-order valence-corrected chi connectivity index (χ0v) is 18.8. The Hall–Kier alpha value is -4.79. The van der Waals surface area contributed by atoms with Crippen LogP contribution in [0.2, 0.25) is 0 Å². The smallest absolute Gasteiger partial charge is 0.278 e. The Kier molecular flexibility index (Phi) is 7.50. The number of alkyl halides is 3. The van der Waals surface area contributed by atoms with Crippen LogP contribution in [0.4, 0.5) is 18.9 Å². The van der Waals surface area contributed by atoms with Gasteiger partial charge in [-0.3, -0.25) is 10.2 Å². The predicted octanol–water partition coefficient (Wildman–Crippen LogP) is 6.13. The van der Waals surface area contributed by atoms with Gasteiger partial charge < -0.3 is 0 Å². The molecule has 0 spiro atoms. The monoisotopic (exact) mass is 487 g/mol. The minimum absolute atomic E-state index is 0.165. The summed E-state index contributed by atoms with van der Waals surface area (Å²) in [5, 5.41) is 8.56. The molecule has 9 heteroatoms. The number of pyridine rings is 1. The summed E-state index contributed by atoms with van der Waals surface area (Å²) >= 11 is 0. The van der Waals surface area contributed by atoms with Gasteiger partial charge in [0.2, 0.25) is 0 Å². The first-order valence-corrected chi connectivity index (χ1v) is 10.8. The highest BCUT2D eigenvalue weighted by Crippen LogP contribution is 2.30. The first kappa shape index (κ1) is 24.3. The maximum absolute atomic E-state index is 12.9. The van der Waals surface area contributed by atoms with Crippen molar-refractivity contribution in [1.82, 2.24) is 10.4 Å². The van der Waals surface area contributed by atoms with Crippen molar-refractivity contribution in [3.63, 3.8) is 0 Å². The average molecular weight is 487 g/mol. The number of rotatable bonds is 7. The van der Waals surface area contributed by atoms with Crippen LogP contribution in [0.5, 0.6) is 0 Å². The molecular weight excluding hydrogens is 467 g/mol. The summed E-state index contributed by atoms with van der Waals surface area (Å²) in [6.45, 7) is 0. The van der Waals surface area contributed by atoms with Crippen LogP contribution < -0.4 is 10.9 Å². The van der Waals surface area contributed by atoms with E-state index in [4.69, 9.17) is 0 Å². The molecule has 0 saturated heterocycles. The first-order valence-electron chi connectivity index (χ1n) is 10.8. The van der Waals surface area contributed by atoms with Crippen molar-refractivity contribution in [3.05, 3.63) is 113 Å². The van der Waals surface area contributed by atoms with Gasteiger partial charge in [0.05, 0.1) is 34.2 Å². The number of hydrazone groups is 2. The third-order valence-corrected chi connectivity index (χ3v) is 4.98. The summed E-state index contributed by atoms with van der Waals surface area (Å²) in [4.78, 5) is 17.3. The van der Waals surface area contributed by atoms with Crippen LogP contribution in [-0.4, -0.2) is 23.3 Å². The van der Waals surface area contributed by atoms with Gasteiger partial charge in [-0.15, -0.1) is 0 Å². The lowest BCUT2D eigenvalue weighted by Crippen LogP contribution is -2.18. The lowest BCUT2D eigenvalue weighted by molar-refractivity contribution is -0.137. The molecule has 0 bridgehead atoms. The number of benzene rings is 3. The second-order valence-corrected chi connectivity index (χ2v) is 7.55. The highest BCUT2D eigenvalue weighted by molar-refractivity contribution is 6.07. The van der Waals surface area contributed by atoms with E-state index in [9.17, 15) is 18.0 Å². The molecule has 6 nitrogen and oxygen atoms in total. The fraction of sp³-hybridized carbons (Fsp3) is 0.0370. The topological polar surface area (TPSA) is 78.7 Å². The Bertz CT molecular complexity index is 1450. The molecule has 0 aliphatic carbocycles. The second-order valence-electron chi connectivity index (χ2n) is 7.55. The van der Waals surface area contributed by atoms with Crippen LogP contribution in [0.25, 0.3) is 17.0 Å². The Labute approximate surface area is 204 Å². The summed E-state index contributed by atoms with van der Waals surface area (Å²) in [5.41, 5.74) is 6.65. The number of hydrogen-bond donors (Lipinski definition) is 2. The van der Waals surface area contributed by atoms with Gasteiger partial charge in [0, 0.05) is 11.6 Å². The predicted molar refractivity (Wildman–Crippen MR) is 136 cm³/mol. The van der Waals surface area contributed by atoms with Gasteiger partial charge in [-0.1, -0.05) is 60.7 Å². The molecule has 36 heavy (non-hydrogen) atoms. The molecule has 180 valence electrons. The lowest BCUT2D eigenvalue weighted by Gasteiger charge is -2.08. The van der Waals surface area contributed by atoms with E-state index in [0.717, 1.165) is 17.7 Å². The number of carbonyl (C=O) groups excluding carboxylic acids is 1. The van der Waals surface area contributed by atoms with Gasteiger partial charge >= 0.3 is 6.18 Å². The molecule has 0 unspecified atom stereocenters. The molecule has 0 aliphatic rings. The highest BCUT2D eigenvalue weighted by Gasteiger charge is 2.30. The molecule has 3 aromatic carbocycles. The number of hydrogen-bond acceptors (Lipinski definition) is 5. The van der Waals surface area contributed by atoms with Crippen LogP contribution >= 0.6 is 0 Å². The van der Waals surface area contributed by atoms with Gasteiger partial charge in [0.25, 0.3) is 5.91 Å². The number of amides is 1. The molecule has 1 heterocycles. The molecule has 4 rings (SSSR count). The van der Waals surface area contributed by atoms with E-state index in [2.05, 4.69) is 26.0 Å². The van der Waals surface area contributed by atoms with E-state index in [1.165, 1.54) is 30.6 Å². The molecule has 0 fully saturated rings. The third-order valence-electron chi connectivity index (χ3n) is 4.98. The zero-order valence-electron chi connectivity index (χ0n) is 18.8. The number of allylic oxidation sites excluding steroid dienone is 1. The van der Waals surface area contributed by atoms with E-state index < -0.39 is 17.6 Å². The molecule has 0 aliphatic heterocycles. The maximum Gasteiger partial charge on any atom is 0.416 e. The average Bonchev–Trinajstić information content (AvgIpc) is 2.88. The Balaban J connectivity index is 1.49. The Morgan fingerprint density at radius 2 is 1.67 bits per heavy atom. The first-order chi connectivity index (χ1) is 17.4. The summed E-state index contributed by atoms with van der Waals surface area (Å²) in [5.74, 6) is -0.446. The van der Waals surface area contributed by atoms with E-state index in [1.54, 1.807) is 30.3 Å². The molecular formula is C27H20F3N5O. The SMILES string of the molecule is O=C(N/N=C/C=C/c1ccccc1)c1cc(/C=N/Nc2cccc(C(F)(F)F)c2)nc2ccccc12. The van der Waals surface area contributed by atoms with Crippen molar-refractivity contribution in [3.8, 4) is 0 Å². The van der Waals surface area contributed by atoms with Crippen molar-refractivity contribution in [2.45, 2.75) is 6.18 Å². The van der Waals surface area contributed by atoms with Gasteiger partial charge in [-0.05, 0) is 42.0 Å². The van der Waals surface area contributed by atoms with E-state index in [0.29, 0.717) is 22.2 Å². The van der Waals surface area contributed by atoms with Gasteiger partial charge in [0.1, 0.15) is 0 Å². The van der Waals surface area contributed by atoms with Crippen molar-refractivity contribution >= 4 is 41.0 Å². The number of nitrogens with zero attached hydrogens (tertiary/aromatic N) is 3. The number of aromatic nitrogens is 1. The van der Waals surface area contributed by atoms with Gasteiger partial charge in [-0.25, -0.2) is 10.4 Å². The molecule has 1 aromatic heterocycles. The van der Waals surface area contributed by atoms with Crippen molar-refractivity contribution < 1.29 is 18.0 Å². The van der Waals surface area contributed by atoms with Crippen molar-refractivity contribution in [1.29, 1.82) is 0 Å². The van der Waals surface area contributed by atoms with Gasteiger partial charge in [-0.2, -0.15) is 23.4 Å². The number of para-hydroxylation sites is 1. The Morgan fingerprint density at radius 1 is 0.889 bits per heavy atom. The van der Waals surface area contributed by atoms with Crippen LogP contribution in [0.15, 0.2) is 101 Å². The fourth-order valence-corrected chi connectivity index (χ4v) is 3.31. The normalized spacial score (nSPS) is 12.1. The maximum atomic E-state index is 12.9. The van der Waals surface area contributed by atoms with Crippen LogP contribution in [0.1, 0.15) is 27.2 Å². The highest BCUT2D eigenvalue weighted by atomic mass is 19.4. The van der Waals surface area contributed by atoms with Crippen LogP contribution in [0.3, 0.4) is 0 Å². The third kappa shape index (κ3) is 6.41. The molecule has 0 saturated carbocycles. The van der Waals surface area contributed by atoms with Gasteiger partial charge in [0.15, 0.2) is 0 Å². The zero-order chi connectivity index (χ0) is 25.4. The largest absolute Gasteiger partial charge is 0.416 e. The summed E-state index contributed by atoms with van der Waals surface area (Å²) in [7, 11) is 0. The lowest BCUT2D eigenvalue weighted by atomic mass is 10.1. The van der Waals surface area contributed by atoms with Crippen molar-refractivity contribution in [2.75, 3.05) is 5.43 Å². The van der Waals surface area contributed by atoms with E-state index >= 15 is 0 Å². The number of anilines is 1. The second kappa shape index (κ2) is 11.1. The van der Waals surface area contributed by atoms with E-state index in [-0.39, 0.29) is 5.69 Å².